The van der Waals surface area contributed by atoms with E-state index in [9.17, 15) is 0 Å². The minimum atomic E-state index is -2.72. The van der Waals surface area contributed by atoms with E-state index >= 15 is 0 Å². The van der Waals surface area contributed by atoms with Crippen molar-refractivity contribution in [1.29, 1.82) is 0 Å². The molecule has 0 saturated carbocycles. The molecule has 0 aliphatic carbocycles. The lowest BCUT2D eigenvalue weighted by Gasteiger charge is -2.27. The highest BCUT2D eigenvalue weighted by Crippen LogP contribution is 2.15. The Bertz CT molecular complexity index is 311. The van der Waals surface area contributed by atoms with Gasteiger partial charge in [-0.15, -0.1) is 0 Å². The third-order valence-electron chi connectivity index (χ3n) is 3.23. The first-order valence-corrected chi connectivity index (χ1v) is 10.9. The van der Waals surface area contributed by atoms with Gasteiger partial charge in [-0.2, -0.15) is 0 Å². The van der Waals surface area contributed by atoms with Crippen LogP contribution in [0.1, 0.15) is 66.2 Å². The van der Waals surface area contributed by atoms with Crippen LogP contribution in [0.5, 0.6) is 0 Å². The fourth-order valence-electron chi connectivity index (χ4n) is 1.76. The van der Waals surface area contributed by atoms with E-state index in [1.165, 1.54) is 0 Å². The van der Waals surface area contributed by atoms with E-state index in [1.54, 1.807) is 0 Å². The molecule has 0 aliphatic rings. The predicted octanol–water partition coefficient (Wildman–Crippen LogP) is 5.60. The van der Waals surface area contributed by atoms with Gasteiger partial charge in [0.25, 0.3) is 0 Å². The average Bonchev–Trinajstić information content (AvgIpc) is 2.55. The Kier molecular flexibility index (Phi) is 15.7. The third-order valence-corrected chi connectivity index (χ3v) is 5.65. The second-order valence-corrected chi connectivity index (χ2v) is 7.89. The summed E-state index contributed by atoms with van der Waals surface area (Å²) in [5, 5.41) is 0. The molecule has 23 heavy (non-hydrogen) atoms. The molecule has 0 N–H and O–H groups in total. The van der Waals surface area contributed by atoms with Gasteiger partial charge in [0, 0.05) is 19.8 Å². The molecular formula is C19H36O3Si. The first-order chi connectivity index (χ1) is 11.2. The molecule has 0 fully saturated rings. The number of rotatable bonds is 15. The SMILES string of the molecule is CC=CC=CC=C[Si](OCCCC)(OCCCC)OCCCC. The first kappa shape index (κ1) is 22.3. The van der Waals surface area contributed by atoms with Crippen LogP contribution < -0.4 is 0 Å². The van der Waals surface area contributed by atoms with Crippen molar-refractivity contribution >= 4 is 8.80 Å². The Balaban J connectivity index is 4.91. The molecule has 0 aromatic carbocycles. The van der Waals surface area contributed by atoms with Crippen LogP contribution in [0.2, 0.25) is 0 Å². The summed E-state index contributed by atoms with van der Waals surface area (Å²) < 4.78 is 18.4. The van der Waals surface area contributed by atoms with Gasteiger partial charge in [0.15, 0.2) is 0 Å². The van der Waals surface area contributed by atoms with Gasteiger partial charge in [-0.3, -0.25) is 0 Å². The molecule has 0 aliphatic heterocycles. The van der Waals surface area contributed by atoms with E-state index in [0.29, 0.717) is 19.8 Å². The van der Waals surface area contributed by atoms with Crippen molar-refractivity contribution in [2.45, 2.75) is 66.2 Å². The quantitative estimate of drug-likeness (QED) is 0.220. The molecule has 0 aromatic rings. The lowest BCUT2D eigenvalue weighted by atomic mass is 10.4. The van der Waals surface area contributed by atoms with Gasteiger partial charge in [0.05, 0.1) is 0 Å². The molecule has 0 amide bonds. The minimum absolute atomic E-state index is 0.698. The maximum absolute atomic E-state index is 6.13. The summed E-state index contributed by atoms with van der Waals surface area (Å²) in [6, 6.07) is 0. The molecule has 3 nitrogen and oxygen atoms in total. The summed E-state index contributed by atoms with van der Waals surface area (Å²) in [4.78, 5) is 0. The molecule has 0 radical (unpaired) electrons. The Morgan fingerprint density at radius 2 is 1.09 bits per heavy atom. The first-order valence-electron chi connectivity index (χ1n) is 9.13. The molecule has 0 spiro atoms. The standard InChI is InChI=1S/C19H36O3Si/c1-5-9-13-14-15-19-23(20-16-10-6-2,21-17-11-7-3)22-18-12-8-4/h5,9,13-15,19H,6-8,10-12,16-18H2,1-4H3. The molecule has 4 heteroatoms. The largest absolute Gasteiger partial charge is 0.529 e. The summed E-state index contributed by atoms with van der Waals surface area (Å²) in [5.74, 6) is 0. The molecule has 0 heterocycles. The Morgan fingerprint density at radius 3 is 1.48 bits per heavy atom. The Hall–Kier alpha value is -0.683. The fraction of sp³-hybridized carbons (Fsp3) is 0.684. The van der Waals surface area contributed by atoms with Crippen LogP contribution in [0.15, 0.2) is 36.1 Å². The average molecular weight is 341 g/mol. The molecule has 0 saturated heterocycles. The predicted molar refractivity (Wildman–Crippen MR) is 101 cm³/mol. The number of hydrogen-bond acceptors (Lipinski definition) is 3. The van der Waals surface area contributed by atoms with E-state index in [0.717, 1.165) is 38.5 Å². The van der Waals surface area contributed by atoms with E-state index in [1.807, 2.05) is 43.0 Å². The molecule has 0 bridgehead atoms. The minimum Gasteiger partial charge on any atom is -0.370 e. The van der Waals surface area contributed by atoms with Gasteiger partial charge in [0.2, 0.25) is 0 Å². The summed E-state index contributed by atoms with van der Waals surface area (Å²) in [7, 11) is -2.72. The lowest BCUT2D eigenvalue weighted by Crippen LogP contribution is -2.45. The van der Waals surface area contributed by atoms with Crippen molar-refractivity contribution in [2.24, 2.45) is 0 Å². The monoisotopic (exact) mass is 340 g/mol. The number of allylic oxidation sites excluding steroid dienone is 5. The van der Waals surface area contributed by atoms with E-state index < -0.39 is 8.80 Å². The van der Waals surface area contributed by atoms with Gasteiger partial charge >= 0.3 is 8.80 Å². The Morgan fingerprint density at radius 1 is 0.652 bits per heavy atom. The van der Waals surface area contributed by atoms with Crippen LogP contribution in [0, 0.1) is 0 Å². The van der Waals surface area contributed by atoms with Crippen molar-refractivity contribution in [3.8, 4) is 0 Å². The molecule has 0 aromatic heterocycles. The summed E-state index contributed by atoms with van der Waals surface area (Å²) in [6.45, 7) is 10.6. The Labute approximate surface area is 144 Å². The zero-order chi connectivity index (χ0) is 17.2. The third kappa shape index (κ3) is 12.4. The van der Waals surface area contributed by atoms with Crippen molar-refractivity contribution in [3.63, 3.8) is 0 Å². The highest BCUT2D eigenvalue weighted by molar-refractivity contribution is 6.66. The molecule has 134 valence electrons. The smallest absolute Gasteiger partial charge is 0.370 e. The topological polar surface area (TPSA) is 27.7 Å². The van der Waals surface area contributed by atoms with Crippen LogP contribution in [-0.2, 0) is 13.3 Å². The van der Waals surface area contributed by atoms with Crippen molar-refractivity contribution < 1.29 is 13.3 Å². The van der Waals surface area contributed by atoms with Crippen LogP contribution in [-0.4, -0.2) is 28.6 Å². The summed E-state index contributed by atoms with van der Waals surface area (Å²) >= 11 is 0. The molecule has 0 atom stereocenters. The summed E-state index contributed by atoms with van der Waals surface area (Å²) in [6.07, 6.45) is 16.4. The number of hydrogen-bond donors (Lipinski definition) is 0. The van der Waals surface area contributed by atoms with Crippen molar-refractivity contribution in [2.75, 3.05) is 19.8 Å². The molecule has 0 rings (SSSR count). The van der Waals surface area contributed by atoms with Gasteiger partial charge < -0.3 is 13.3 Å². The van der Waals surface area contributed by atoms with Crippen LogP contribution in [0.4, 0.5) is 0 Å². The number of unbranched alkanes of at least 4 members (excludes halogenated alkanes) is 3. The van der Waals surface area contributed by atoms with Crippen LogP contribution >= 0.6 is 0 Å². The van der Waals surface area contributed by atoms with Crippen LogP contribution in [0.25, 0.3) is 0 Å². The second-order valence-electron chi connectivity index (χ2n) is 5.48. The highest BCUT2D eigenvalue weighted by atomic mass is 28.4. The molecular weight excluding hydrogens is 304 g/mol. The van der Waals surface area contributed by atoms with Gasteiger partial charge in [-0.05, 0) is 31.9 Å². The van der Waals surface area contributed by atoms with Gasteiger partial charge in [0.1, 0.15) is 0 Å². The van der Waals surface area contributed by atoms with E-state index in [4.69, 9.17) is 13.3 Å². The maximum Gasteiger partial charge on any atom is 0.529 e. The molecule has 0 unspecified atom stereocenters. The van der Waals surface area contributed by atoms with Gasteiger partial charge in [-0.1, -0.05) is 70.4 Å². The zero-order valence-corrected chi connectivity index (χ0v) is 16.6. The van der Waals surface area contributed by atoms with Crippen molar-refractivity contribution in [1.82, 2.24) is 0 Å². The normalized spacial score (nSPS) is 13.0. The zero-order valence-electron chi connectivity index (χ0n) is 15.6. The van der Waals surface area contributed by atoms with E-state index in [2.05, 4.69) is 20.8 Å². The van der Waals surface area contributed by atoms with Gasteiger partial charge in [-0.25, -0.2) is 0 Å². The maximum atomic E-state index is 6.13. The second kappa shape index (κ2) is 16.2. The van der Waals surface area contributed by atoms with Crippen molar-refractivity contribution in [3.05, 3.63) is 36.1 Å². The highest BCUT2D eigenvalue weighted by Gasteiger charge is 2.38. The lowest BCUT2D eigenvalue weighted by molar-refractivity contribution is 0.0685. The van der Waals surface area contributed by atoms with Crippen LogP contribution in [0.3, 0.4) is 0 Å². The summed E-state index contributed by atoms with van der Waals surface area (Å²) in [5.41, 5.74) is 2.02. The fourth-order valence-corrected chi connectivity index (χ4v) is 3.93. The van der Waals surface area contributed by atoms with E-state index in [-0.39, 0.29) is 0 Å².